The van der Waals surface area contributed by atoms with E-state index in [1.807, 2.05) is 19.1 Å². The van der Waals surface area contributed by atoms with Crippen molar-refractivity contribution < 1.29 is 9.53 Å². The van der Waals surface area contributed by atoms with E-state index in [1.165, 1.54) is 5.69 Å². The first-order valence-corrected chi connectivity index (χ1v) is 9.69. The summed E-state index contributed by atoms with van der Waals surface area (Å²) >= 11 is 5.89. The number of ether oxygens (including phenoxy) is 1. The van der Waals surface area contributed by atoms with Crippen molar-refractivity contribution in [2.45, 2.75) is 19.4 Å². The summed E-state index contributed by atoms with van der Waals surface area (Å²) in [4.78, 5) is 17.3. The van der Waals surface area contributed by atoms with E-state index in [-0.39, 0.29) is 5.91 Å². The Kier molecular flexibility index (Phi) is 6.58. The van der Waals surface area contributed by atoms with E-state index in [9.17, 15) is 4.79 Å². The van der Waals surface area contributed by atoms with Crippen LogP contribution in [-0.4, -0.2) is 50.1 Å². The van der Waals surface area contributed by atoms with Crippen LogP contribution in [0.3, 0.4) is 0 Å². The highest BCUT2D eigenvalue weighted by Gasteiger charge is 2.19. The van der Waals surface area contributed by atoms with Gasteiger partial charge in [0.2, 0.25) is 0 Å². The number of piperazine rings is 1. The van der Waals surface area contributed by atoms with Gasteiger partial charge in [0.05, 0.1) is 0 Å². The number of anilines is 2. The van der Waals surface area contributed by atoms with E-state index in [2.05, 4.69) is 34.3 Å². The monoisotopic (exact) mass is 387 g/mol. The van der Waals surface area contributed by atoms with Crippen LogP contribution in [0, 0.1) is 0 Å². The average molecular weight is 388 g/mol. The number of halogens is 1. The molecule has 1 amide bonds. The lowest BCUT2D eigenvalue weighted by Gasteiger charge is -2.34. The first-order valence-electron chi connectivity index (χ1n) is 9.32. The highest BCUT2D eigenvalue weighted by atomic mass is 35.5. The Morgan fingerprint density at radius 2 is 1.70 bits per heavy atom. The Balaban J connectivity index is 1.58. The molecule has 0 radical (unpaired) electrons. The number of carbonyl (C=O) groups excluding carboxylic acids is 1. The zero-order valence-electron chi connectivity index (χ0n) is 15.8. The Labute approximate surface area is 165 Å². The maximum Gasteiger partial charge on any atom is 0.265 e. The van der Waals surface area contributed by atoms with Crippen molar-refractivity contribution in [3.05, 3.63) is 53.6 Å². The summed E-state index contributed by atoms with van der Waals surface area (Å²) < 4.78 is 5.80. The molecule has 2 aromatic rings. The molecule has 0 saturated carbocycles. The van der Waals surface area contributed by atoms with E-state index in [1.54, 1.807) is 24.3 Å². The molecule has 1 fully saturated rings. The van der Waals surface area contributed by atoms with Crippen molar-refractivity contribution in [1.29, 1.82) is 0 Å². The summed E-state index contributed by atoms with van der Waals surface area (Å²) in [6.07, 6.45) is 0.0249. The van der Waals surface area contributed by atoms with Crippen LogP contribution in [0.1, 0.15) is 13.3 Å². The first-order chi connectivity index (χ1) is 13.0. The van der Waals surface area contributed by atoms with Gasteiger partial charge in [0.25, 0.3) is 5.91 Å². The molecule has 2 aromatic carbocycles. The summed E-state index contributed by atoms with van der Waals surface area (Å²) in [5, 5.41) is 3.58. The summed E-state index contributed by atoms with van der Waals surface area (Å²) in [7, 11) is 2.15. The predicted octanol–water partition coefficient (Wildman–Crippen LogP) is 3.89. The van der Waals surface area contributed by atoms with Gasteiger partial charge in [0.1, 0.15) is 5.75 Å². The third-order valence-corrected chi connectivity index (χ3v) is 5.01. The molecule has 1 aliphatic heterocycles. The van der Waals surface area contributed by atoms with Crippen molar-refractivity contribution >= 4 is 28.9 Å². The van der Waals surface area contributed by atoms with Gasteiger partial charge in [-0.1, -0.05) is 18.5 Å². The van der Waals surface area contributed by atoms with E-state index in [0.29, 0.717) is 17.2 Å². The summed E-state index contributed by atoms with van der Waals surface area (Å²) in [6, 6.07) is 15.0. The molecule has 0 bridgehead atoms. The first kappa shape index (κ1) is 19.5. The van der Waals surface area contributed by atoms with Gasteiger partial charge >= 0.3 is 0 Å². The zero-order valence-corrected chi connectivity index (χ0v) is 16.6. The van der Waals surface area contributed by atoms with E-state index in [4.69, 9.17) is 16.3 Å². The lowest BCUT2D eigenvalue weighted by atomic mass is 10.2. The van der Waals surface area contributed by atoms with E-state index < -0.39 is 6.10 Å². The Morgan fingerprint density at radius 3 is 2.30 bits per heavy atom. The molecule has 1 atom stereocenters. The highest BCUT2D eigenvalue weighted by Crippen LogP contribution is 2.21. The minimum absolute atomic E-state index is 0.153. The lowest BCUT2D eigenvalue weighted by molar-refractivity contribution is -0.122. The number of hydrogen-bond donors (Lipinski definition) is 1. The van der Waals surface area contributed by atoms with Crippen LogP contribution in [0.25, 0.3) is 0 Å². The van der Waals surface area contributed by atoms with Crippen LogP contribution in [0.15, 0.2) is 48.5 Å². The van der Waals surface area contributed by atoms with Gasteiger partial charge in [-0.15, -0.1) is 0 Å². The van der Waals surface area contributed by atoms with Crippen molar-refractivity contribution in [3.63, 3.8) is 0 Å². The summed E-state index contributed by atoms with van der Waals surface area (Å²) in [6.45, 7) is 6.11. The van der Waals surface area contributed by atoms with Crippen LogP contribution >= 0.6 is 11.6 Å². The lowest BCUT2D eigenvalue weighted by Crippen LogP contribution is -2.44. The van der Waals surface area contributed by atoms with Crippen LogP contribution in [0.4, 0.5) is 11.4 Å². The molecule has 1 aliphatic rings. The molecule has 3 rings (SSSR count). The maximum atomic E-state index is 12.6. The van der Waals surface area contributed by atoms with Crippen molar-refractivity contribution in [2.24, 2.45) is 0 Å². The van der Waals surface area contributed by atoms with Gasteiger partial charge in [-0.25, -0.2) is 0 Å². The molecule has 1 saturated heterocycles. The maximum absolute atomic E-state index is 12.6. The number of rotatable bonds is 6. The third-order valence-electron chi connectivity index (χ3n) is 4.76. The number of nitrogens with zero attached hydrogens (tertiary/aromatic N) is 2. The molecule has 0 aromatic heterocycles. The molecular weight excluding hydrogens is 362 g/mol. The van der Waals surface area contributed by atoms with Gasteiger partial charge in [-0.2, -0.15) is 0 Å². The molecule has 6 heteroatoms. The largest absolute Gasteiger partial charge is 0.481 e. The summed E-state index contributed by atoms with van der Waals surface area (Å²) in [5.74, 6) is 0.478. The fraction of sp³-hybridized carbons (Fsp3) is 0.381. The number of nitrogens with one attached hydrogen (secondary N) is 1. The second-order valence-corrected chi connectivity index (χ2v) is 7.23. The Morgan fingerprint density at radius 1 is 1.07 bits per heavy atom. The quantitative estimate of drug-likeness (QED) is 0.816. The normalized spacial score (nSPS) is 16.0. The third kappa shape index (κ3) is 5.37. The second kappa shape index (κ2) is 9.11. The molecule has 1 N–H and O–H groups in total. The molecule has 0 unspecified atom stereocenters. The Hall–Kier alpha value is -2.24. The highest BCUT2D eigenvalue weighted by molar-refractivity contribution is 6.30. The molecule has 0 spiro atoms. The molecular formula is C21H26ClN3O2. The van der Waals surface area contributed by atoms with Gasteiger partial charge in [-0.05, 0) is 62.0 Å². The van der Waals surface area contributed by atoms with Gasteiger partial charge < -0.3 is 19.9 Å². The molecule has 1 heterocycles. The zero-order chi connectivity index (χ0) is 19.2. The fourth-order valence-electron chi connectivity index (χ4n) is 3.04. The van der Waals surface area contributed by atoms with Crippen LogP contribution < -0.4 is 15.0 Å². The minimum atomic E-state index is -0.552. The Bertz CT molecular complexity index is 741. The summed E-state index contributed by atoms with van der Waals surface area (Å²) in [5.41, 5.74) is 1.96. The number of hydrogen-bond acceptors (Lipinski definition) is 4. The standard InChI is InChI=1S/C21H26ClN3O2/c1-3-20(27-19-10-4-16(22)5-11-19)21(26)23-17-6-8-18(9-7-17)25-14-12-24(2)13-15-25/h4-11,20H,3,12-15H2,1-2H3,(H,23,26)/t20-/m0/s1. The van der Waals surface area contributed by atoms with Crippen molar-refractivity contribution in [3.8, 4) is 5.75 Å². The minimum Gasteiger partial charge on any atom is -0.481 e. The molecule has 144 valence electrons. The molecule has 0 aliphatic carbocycles. The van der Waals surface area contributed by atoms with E-state index in [0.717, 1.165) is 31.9 Å². The number of likely N-dealkylation sites (N-methyl/N-ethyl adjacent to an activating group) is 1. The molecule has 5 nitrogen and oxygen atoms in total. The van der Waals surface area contributed by atoms with Crippen LogP contribution in [0.2, 0.25) is 5.02 Å². The fourth-order valence-corrected chi connectivity index (χ4v) is 3.17. The number of amides is 1. The van der Waals surface area contributed by atoms with Crippen LogP contribution in [0.5, 0.6) is 5.75 Å². The predicted molar refractivity (Wildman–Crippen MR) is 111 cm³/mol. The SMILES string of the molecule is CC[C@H](Oc1ccc(Cl)cc1)C(=O)Nc1ccc(N2CCN(C)CC2)cc1. The van der Waals surface area contributed by atoms with Crippen molar-refractivity contribution in [1.82, 2.24) is 4.90 Å². The second-order valence-electron chi connectivity index (χ2n) is 6.80. The van der Waals surface area contributed by atoms with Gasteiger partial charge in [0, 0.05) is 42.6 Å². The van der Waals surface area contributed by atoms with E-state index >= 15 is 0 Å². The number of benzene rings is 2. The van der Waals surface area contributed by atoms with Crippen molar-refractivity contribution in [2.75, 3.05) is 43.4 Å². The van der Waals surface area contributed by atoms with Gasteiger partial charge in [0.15, 0.2) is 6.10 Å². The topological polar surface area (TPSA) is 44.8 Å². The average Bonchev–Trinajstić information content (AvgIpc) is 2.69. The van der Waals surface area contributed by atoms with Crippen LogP contribution in [-0.2, 0) is 4.79 Å². The number of carbonyl (C=O) groups is 1. The van der Waals surface area contributed by atoms with Gasteiger partial charge in [-0.3, -0.25) is 4.79 Å². The molecule has 27 heavy (non-hydrogen) atoms. The smallest absolute Gasteiger partial charge is 0.265 e.